The smallest absolute Gasteiger partial charge is 0.185 e. The summed E-state index contributed by atoms with van der Waals surface area (Å²) in [6.45, 7) is 1.57. The van der Waals surface area contributed by atoms with E-state index in [-0.39, 0.29) is 5.12 Å². The van der Waals surface area contributed by atoms with Gasteiger partial charge in [-0.25, -0.2) is 0 Å². The third-order valence-electron chi connectivity index (χ3n) is 1.72. The van der Waals surface area contributed by atoms with Crippen LogP contribution in [0.4, 0.5) is 0 Å². The number of carbonyl (C=O) groups is 2. The van der Waals surface area contributed by atoms with E-state index in [1.54, 1.807) is 6.92 Å². The maximum atomic E-state index is 10.6. The van der Waals surface area contributed by atoms with Crippen molar-refractivity contribution in [2.45, 2.75) is 13.3 Å². The Hall–Kier alpha value is -0.870. The Bertz CT molecular complexity index is 366. The van der Waals surface area contributed by atoms with Gasteiger partial charge in [0.2, 0.25) is 0 Å². The fourth-order valence-electron chi connectivity index (χ4n) is 1.05. The van der Waals surface area contributed by atoms with Gasteiger partial charge in [-0.05, 0) is 23.4 Å². The highest BCUT2D eigenvalue weighted by Gasteiger charge is 1.98. The first-order valence-electron chi connectivity index (χ1n) is 4.56. The molecule has 0 radical (unpaired) electrons. The molecule has 0 unspecified atom stereocenters. The Kier molecular flexibility index (Phi) is 5.36. The third kappa shape index (κ3) is 4.44. The van der Waals surface area contributed by atoms with E-state index in [9.17, 15) is 9.59 Å². The monoisotopic (exact) mass is 240 g/mol. The van der Waals surface area contributed by atoms with Crippen molar-refractivity contribution < 1.29 is 9.59 Å². The van der Waals surface area contributed by atoms with Gasteiger partial charge in [0.05, 0.1) is 4.88 Å². The highest BCUT2D eigenvalue weighted by Crippen LogP contribution is 2.16. The first kappa shape index (κ1) is 12.2. The topological polar surface area (TPSA) is 34.1 Å². The minimum absolute atomic E-state index is 0.146. The van der Waals surface area contributed by atoms with Crippen LogP contribution in [0, 0.1) is 0 Å². The van der Waals surface area contributed by atoms with Crippen molar-refractivity contribution in [2.24, 2.45) is 0 Å². The van der Waals surface area contributed by atoms with E-state index in [2.05, 4.69) is 0 Å². The molecule has 1 aromatic rings. The summed E-state index contributed by atoms with van der Waals surface area (Å²) < 4.78 is 0. The Morgan fingerprint density at radius 3 is 3.07 bits per heavy atom. The minimum Gasteiger partial charge on any atom is -0.297 e. The van der Waals surface area contributed by atoms with Crippen molar-refractivity contribution in [1.82, 2.24) is 0 Å². The number of aldehydes is 1. The predicted molar refractivity (Wildman–Crippen MR) is 66.5 cm³/mol. The number of thiophene rings is 1. The van der Waals surface area contributed by atoms with Gasteiger partial charge >= 0.3 is 0 Å². The molecule has 0 aliphatic carbocycles. The highest BCUT2D eigenvalue weighted by atomic mass is 32.2. The van der Waals surface area contributed by atoms with Crippen LogP contribution in [0.3, 0.4) is 0 Å². The molecule has 2 nitrogen and oxygen atoms in total. The van der Waals surface area contributed by atoms with Gasteiger partial charge in [0.1, 0.15) is 0 Å². The molecular weight excluding hydrogens is 228 g/mol. The van der Waals surface area contributed by atoms with Crippen LogP contribution in [-0.2, 0) is 4.79 Å². The summed E-state index contributed by atoms with van der Waals surface area (Å²) >= 11 is 2.76. The Morgan fingerprint density at radius 1 is 1.60 bits per heavy atom. The van der Waals surface area contributed by atoms with Crippen molar-refractivity contribution in [2.75, 3.05) is 5.75 Å². The van der Waals surface area contributed by atoms with Crippen molar-refractivity contribution in [3.8, 4) is 0 Å². The molecule has 0 saturated carbocycles. The van der Waals surface area contributed by atoms with Gasteiger partial charge in [-0.15, -0.1) is 11.3 Å². The van der Waals surface area contributed by atoms with Crippen LogP contribution < -0.4 is 0 Å². The van der Waals surface area contributed by atoms with E-state index in [0.29, 0.717) is 0 Å². The molecule has 0 N–H and O–H groups in total. The van der Waals surface area contributed by atoms with Crippen LogP contribution in [-0.4, -0.2) is 17.2 Å². The maximum Gasteiger partial charge on any atom is 0.185 e. The predicted octanol–water partition coefficient (Wildman–Crippen LogP) is 3.24. The molecular formula is C11H12O2S2. The van der Waals surface area contributed by atoms with Gasteiger partial charge in [-0.1, -0.05) is 23.9 Å². The maximum absolute atomic E-state index is 10.6. The lowest BCUT2D eigenvalue weighted by molar-refractivity contribution is -0.109. The van der Waals surface area contributed by atoms with Crippen molar-refractivity contribution in [1.29, 1.82) is 0 Å². The molecule has 1 aromatic heterocycles. The fraction of sp³-hybridized carbons (Fsp3) is 0.273. The molecule has 0 fully saturated rings. The molecule has 0 aromatic carbocycles. The van der Waals surface area contributed by atoms with E-state index < -0.39 is 0 Å². The first-order valence-corrected chi connectivity index (χ1v) is 6.43. The highest BCUT2D eigenvalue weighted by molar-refractivity contribution is 8.13. The van der Waals surface area contributed by atoms with E-state index in [1.807, 2.05) is 23.6 Å². The number of hydrogen-bond donors (Lipinski definition) is 0. The summed E-state index contributed by atoms with van der Waals surface area (Å²) in [6, 6.07) is 1.92. The number of hydrogen-bond acceptors (Lipinski definition) is 4. The average Bonchev–Trinajstić information content (AvgIpc) is 2.64. The molecule has 1 heterocycles. The van der Waals surface area contributed by atoms with Crippen molar-refractivity contribution in [3.05, 3.63) is 28.0 Å². The van der Waals surface area contributed by atoms with Crippen LogP contribution in [0.1, 0.15) is 28.6 Å². The lowest BCUT2D eigenvalue weighted by Gasteiger charge is -1.91. The van der Waals surface area contributed by atoms with Gasteiger partial charge < -0.3 is 0 Å². The van der Waals surface area contributed by atoms with Crippen LogP contribution >= 0.6 is 23.1 Å². The van der Waals surface area contributed by atoms with E-state index >= 15 is 0 Å². The Morgan fingerprint density at radius 2 is 2.40 bits per heavy atom. The second-order valence-electron chi connectivity index (χ2n) is 2.89. The van der Waals surface area contributed by atoms with Gasteiger partial charge in [-0.3, -0.25) is 9.59 Å². The molecule has 0 aliphatic heterocycles. The lowest BCUT2D eigenvalue weighted by Crippen LogP contribution is -1.83. The zero-order valence-corrected chi connectivity index (χ0v) is 10.1. The average molecular weight is 240 g/mol. The lowest BCUT2D eigenvalue weighted by atomic mass is 10.2. The molecule has 0 bridgehead atoms. The van der Waals surface area contributed by atoms with E-state index in [1.165, 1.54) is 23.1 Å². The molecule has 80 valence electrons. The first-order chi connectivity index (χ1) is 7.24. The summed E-state index contributed by atoms with van der Waals surface area (Å²) in [4.78, 5) is 22.0. The second-order valence-corrected chi connectivity index (χ2v) is 5.11. The molecule has 4 heteroatoms. The van der Waals surface area contributed by atoms with Crippen LogP contribution in [0.25, 0.3) is 6.08 Å². The normalized spacial score (nSPS) is 10.7. The molecule has 15 heavy (non-hydrogen) atoms. The van der Waals surface area contributed by atoms with E-state index in [0.717, 1.165) is 28.9 Å². The summed E-state index contributed by atoms with van der Waals surface area (Å²) in [5.41, 5.74) is 0.961. The number of allylic oxidation sites excluding steroid dienone is 1. The van der Waals surface area contributed by atoms with Crippen LogP contribution in [0.15, 0.2) is 17.5 Å². The quantitative estimate of drug-likeness (QED) is 0.585. The number of carbonyl (C=O) groups excluding carboxylic acids is 2. The molecule has 0 atom stereocenters. The summed E-state index contributed by atoms with van der Waals surface area (Å²) in [5, 5.41) is 2.04. The van der Waals surface area contributed by atoms with Crippen LogP contribution in [0.2, 0.25) is 0 Å². The van der Waals surface area contributed by atoms with Gasteiger partial charge in [0, 0.05) is 12.7 Å². The standard InChI is InChI=1S/C11H12O2S2/c1-9(13)14-6-3-2-4-10-5-7-15-11(10)8-12/h2,4-5,7-8H,3,6H2,1H3. The number of rotatable bonds is 5. The largest absolute Gasteiger partial charge is 0.297 e. The number of thioether (sulfide) groups is 1. The van der Waals surface area contributed by atoms with Crippen molar-refractivity contribution in [3.63, 3.8) is 0 Å². The molecule has 0 spiro atoms. The van der Waals surface area contributed by atoms with Gasteiger partial charge in [0.25, 0.3) is 0 Å². The Labute approximate surface area is 97.4 Å². The fourth-order valence-corrected chi connectivity index (χ4v) is 2.28. The molecule has 0 amide bonds. The summed E-state index contributed by atoms with van der Waals surface area (Å²) in [7, 11) is 0. The van der Waals surface area contributed by atoms with Gasteiger partial charge in [-0.2, -0.15) is 0 Å². The third-order valence-corrected chi connectivity index (χ3v) is 3.43. The molecule has 1 rings (SSSR count). The SMILES string of the molecule is CC(=O)SCCC=Cc1ccsc1C=O. The molecule has 0 saturated heterocycles. The summed E-state index contributed by atoms with van der Waals surface area (Å²) in [6.07, 6.45) is 5.64. The van der Waals surface area contributed by atoms with Gasteiger partial charge in [0.15, 0.2) is 11.4 Å². The van der Waals surface area contributed by atoms with Crippen molar-refractivity contribution >= 4 is 40.6 Å². The minimum atomic E-state index is 0.146. The second kappa shape index (κ2) is 6.58. The summed E-state index contributed by atoms with van der Waals surface area (Å²) in [5.74, 6) is 0.798. The Balaban J connectivity index is 2.38. The van der Waals surface area contributed by atoms with E-state index in [4.69, 9.17) is 0 Å². The zero-order chi connectivity index (χ0) is 11.1. The zero-order valence-electron chi connectivity index (χ0n) is 8.43. The molecule has 0 aliphatic rings. The van der Waals surface area contributed by atoms with Crippen LogP contribution in [0.5, 0.6) is 0 Å².